The van der Waals surface area contributed by atoms with E-state index in [1.165, 1.54) is 0 Å². The molecule has 0 spiro atoms. The first-order valence-electron chi connectivity index (χ1n) is 5.94. The molecule has 1 atom stereocenters. The van der Waals surface area contributed by atoms with Crippen LogP contribution in [0.25, 0.3) is 0 Å². The zero-order chi connectivity index (χ0) is 13.6. The number of carbonyl (C=O) groups is 1. The fourth-order valence-electron chi connectivity index (χ4n) is 1.81. The number of benzene rings is 1. The molecule has 0 radical (unpaired) electrons. The molecule has 0 bridgehead atoms. The van der Waals surface area contributed by atoms with Gasteiger partial charge in [0.1, 0.15) is 0 Å². The molecule has 1 aromatic rings. The molecule has 0 aromatic heterocycles. The van der Waals surface area contributed by atoms with Gasteiger partial charge in [0.2, 0.25) is 0 Å². The Hall–Kier alpha value is -2.02. The molecule has 0 aliphatic heterocycles. The third-order valence-corrected chi connectivity index (χ3v) is 3.01. The summed E-state index contributed by atoms with van der Waals surface area (Å²) in [5, 5.41) is 8.71. The van der Waals surface area contributed by atoms with Crippen molar-refractivity contribution in [3.05, 3.63) is 29.8 Å². The third kappa shape index (κ3) is 3.01. The van der Waals surface area contributed by atoms with Crippen LogP contribution in [-0.4, -0.2) is 12.6 Å². The summed E-state index contributed by atoms with van der Waals surface area (Å²) in [5.74, 6) is -0.301. The van der Waals surface area contributed by atoms with Crippen LogP contribution < -0.4 is 5.73 Å². The van der Waals surface area contributed by atoms with E-state index in [1.54, 1.807) is 26.0 Å². The van der Waals surface area contributed by atoms with Crippen molar-refractivity contribution in [2.75, 3.05) is 12.3 Å². The summed E-state index contributed by atoms with van der Waals surface area (Å²) in [7, 11) is 0. The number of rotatable bonds is 5. The number of esters is 1. The molecule has 1 aromatic carbocycles. The number of nitrogens with two attached hydrogens (primary N) is 1. The number of nitrogen functional groups attached to an aromatic ring is 1. The van der Waals surface area contributed by atoms with Gasteiger partial charge >= 0.3 is 5.97 Å². The second kappa shape index (κ2) is 6.06. The standard InChI is InChI=1S/C14H18N2O2/c1-3-18-13(17)14(2,9-4-10-15)11-5-7-12(16)8-6-11/h5-8H,3-4,9,16H2,1-2H3. The maximum absolute atomic E-state index is 12.1. The van der Waals surface area contributed by atoms with Gasteiger partial charge in [0.25, 0.3) is 0 Å². The van der Waals surface area contributed by atoms with E-state index in [9.17, 15) is 4.79 Å². The predicted octanol–water partition coefficient (Wildman–Crippen LogP) is 2.39. The van der Waals surface area contributed by atoms with Gasteiger partial charge in [-0.3, -0.25) is 4.79 Å². The number of anilines is 1. The first-order valence-corrected chi connectivity index (χ1v) is 5.94. The Morgan fingerprint density at radius 1 is 1.44 bits per heavy atom. The number of nitrogens with zero attached hydrogens (tertiary/aromatic N) is 1. The second-order valence-electron chi connectivity index (χ2n) is 4.33. The van der Waals surface area contributed by atoms with E-state index < -0.39 is 5.41 Å². The van der Waals surface area contributed by atoms with Crippen molar-refractivity contribution in [1.82, 2.24) is 0 Å². The van der Waals surface area contributed by atoms with Crippen molar-refractivity contribution in [3.63, 3.8) is 0 Å². The highest BCUT2D eigenvalue weighted by Crippen LogP contribution is 2.31. The Morgan fingerprint density at radius 2 is 2.06 bits per heavy atom. The number of carbonyl (C=O) groups excluding carboxylic acids is 1. The lowest BCUT2D eigenvalue weighted by Crippen LogP contribution is -2.34. The molecule has 2 N–H and O–H groups in total. The lowest BCUT2D eigenvalue weighted by Gasteiger charge is -2.27. The summed E-state index contributed by atoms with van der Waals surface area (Å²) in [6.45, 7) is 3.90. The molecule has 1 unspecified atom stereocenters. The molecule has 0 aliphatic rings. The van der Waals surface area contributed by atoms with Crippen LogP contribution in [0.3, 0.4) is 0 Å². The van der Waals surface area contributed by atoms with Crippen LogP contribution in [0.5, 0.6) is 0 Å². The van der Waals surface area contributed by atoms with E-state index >= 15 is 0 Å². The van der Waals surface area contributed by atoms with Crippen LogP contribution in [0, 0.1) is 11.3 Å². The highest BCUT2D eigenvalue weighted by Gasteiger charge is 2.36. The van der Waals surface area contributed by atoms with Crippen LogP contribution in [0.1, 0.15) is 32.3 Å². The lowest BCUT2D eigenvalue weighted by atomic mass is 9.78. The fourth-order valence-corrected chi connectivity index (χ4v) is 1.81. The molecule has 0 amide bonds. The van der Waals surface area contributed by atoms with Crippen LogP contribution in [0.2, 0.25) is 0 Å². The van der Waals surface area contributed by atoms with Gasteiger partial charge in [-0.05, 0) is 38.0 Å². The summed E-state index contributed by atoms with van der Waals surface area (Å²) < 4.78 is 5.11. The fraction of sp³-hybridized carbons (Fsp3) is 0.429. The molecular weight excluding hydrogens is 228 g/mol. The Kier molecular flexibility index (Phi) is 4.73. The maximum atomic E-state index is 12.1. The molecule has 4 nitrogen and oxygen atoms in total. The smallest absolute Gasteiger partial charge is 0.316 e. The minimum absolute atomic E-state index is 0.301. The molecule has 1 rings (SSSR count). The van der Waals surface area contributed by atoms with Crippen molar-refractivity contribution in [2.45, 2.75) is 32.1 Å². The zero-order valence-corrected chi connectivity index (χ0v) is 10.8. The van der Waals surface area contributed by atoms with Crippen molar-refractivity contribution < 1.29 is 9.53 Å². The monoisotopic (exact) mass is 246 g/mol. The molecule has 0 fully saturated rings. The molecular formula is C14H18N2O2. The van der Waals surface area contributed by atoms with Gasteiger partial charge < -0.3 is 10.5 Å². The molecule has 0 saturated heterocycles. The molecule has 0 saturated carbocycles. The minimum atomic E-state index is -0.792. The summed E-state index contributed by atoms with van der Waals surface area (Å²) >= 11 is 0. The quantitative estimate of drug-likeness (QED) is 0.639. The number of ether oxygens (including phenoxy) is 1. The van der Waals surface area contributed by atoms with Gasteiger partial charge in [0, 0.05) is 12.1 Å². The van der Waals surface area contributed by atoms with Crippen molar-refractivity contribution in [1.29, 1.82) is 5.26 Å². The van der Waals surface area contributed by atoms with Crippen LogP contribution in [0.15, 0.2) is 24.3 Å². The number of hydrogen-bond donors (Lipinski definition) is 1. The van der Waals surface area contributed by atoms with E-state index in [0.717, 1.165) is 5.56 Å². The predicted molar refractivity (Wildman–Crippen MR) is 69.7 cm³/mol. The first kappa shape index (κ1) is 14.0. The van der Waals surface area contributed by atoms with E-state index in [2.05, 4.69) is 6.07 Å². The van der Waals surface area contributed by atoms with E-state index in [1.807, 2.05) is 12.1 Å². The van der Waals surface area contributed by atoms with Gasteiger partial charge in [0.15, 0.2) is 0 Å². The Bertz CT molecular complexity index is 448. The number of hydrogen-bond acceptors (Lipinski definition) is 4. The molecule has 4 heteroatoms. The molecule has 18 heavy (non-hydrogen) atoms. The van der Waals surface area contributed by atoms with Crippen molar-refractivity contribution >= 4 is 11.7 Å². The average Bonchev–Trinajstić information content (AvgIpc) is 2.37. The van der Waals surface area contributed by atoms with Crippen molar-refractivity contribution in [2.24, 2.45) is 0 Å². The van der Waals surface area contributed by atoms with Crippen LogP contribution in [0.4, 0.5) is 5.69 Å². The summed E-state index contributed by atoms with van der Waals surface area (Å²) in [6, 6.07) is 9.19. The maximum Gasteiger partial charge on any atom is 0.316 e. The normalized spacial score (nSPS) is 13.4. The zero-order valence-electron chi connectivity index (χ0n) is 10.8. The van der Waals surface area contributed by atoms with E-state index in [0.29, 0.717) is 25.1 Å². The largest absolute Gasteiger partial charge is 0.465 e. The van der Waals surface area contributed by atoms with E-state index in [-0.39, 0.29) is 5.97 Å². The SMILES string of the molecule is CCOC(=O)C(C)(CCC#N)c1ccc(N)cc1. The number of nitriles is 1. The van der Waals surface area contributed by atoms with Gasteiger partial charge in [-0.1, -0.05) is 12.1 Å². The lowest BCUT2D eigenvalue weighted by molar-refractivity contribution is -0.149. The minimum Gasteiger partial charge on any atom is -0.465 e. The Morgan fingerprint density at radius 3 is 2.56 bits per heavy atom. The van der Waals surface area contributed by atoms with Gasteiger partial charge in [-0.15, -0.1) is 0 Å². The van der Waals surface area contributed by atoms with Crippen molar-refractivity contribution in [3.8, 4) is 6.07 Å². The highest BCUT2D eigenvalue weighted by atomic mass is 16.5. The van der Waals surface area contributed by atoms with Crippen LogP contribution >= 0.6 is 0 Å². The first-order chi connectivity index (χ1) is 8.54. The molecule has 0 heterocycles. The van der Waals surface area contributed by atoms with Gasteiger partial charge in [-0.25, -0.2) is 0 Å². The second-order valence-corrected chi connectivity index (χ2v) is 4.33. The molecule has 0 aliphatic carbocycles. The summed E-state index contributed by atoms with van der Waals surface area (Å²) in [6.07, 6.45) is 0.742. The topological polar surface area (TPSA) is 76.1 Å². The average molecular weight is 246 g/mol. The van der Waals surface area contributed by atoms with Crippen LogP contribution in [-0.2, 0) is 14.9 Å². The Labute approximate surface area is 107 Å². The highest BCUT2D eigenvalue weighted by molar-refractivity contribution is 5.82. The van der Waals surface area contributed by atoms with E-state index in [4.69, 9.17) is 15.7 Å². The summed E-state index contributed by atoms with van der Waals surface area (Å²) in [5.41, 5.74) is 6.31. The summed E-state index contributed by atoms with van der Waals surface area (Å²) in [4.78, 5) is 12.1. The van der Waals surface area contributed by atoms with Gasteiger partial charge in [0.05, 0.1) is 18.1 Å². The molecule has 96 valence electrons. The van der Waals surface area contributed by atoms with Gasteiger partial charge in [-0.2, -0.15) is 5.26 Å². The Balaban J connectivity index is 3.07. The third-order valence-electron chi connectivity index (χ3n) is 3.01.